The van der Waals surface area contributed by atoms with Crippen LogP contribution in [-0.4, -0.2) is 41.9 Å². The van der Waals surface area contributed by atoms with E-state index in [0.717, 1.165) is 6.42 Å². The Morgan fingerprint density at radius 1 is 1.56 bits per heavy atom. The highest BCUT2D eigenvalue weighted by Gasteiger charge is 2.33. The summed E-state index contributed by atoms with van der Waals surface area (Å²) >= 11 is 0. The second kappa shape index (κ2) is 6.01. The Morgan fingerprint density at radius 3 is 2.78 bits per heavy atom. The number of hydrogen-bond acceptors (Lipinski definition) is 4. The maximum Gasteiger partial charge on any atom is 0.262 e. The van der Waals surface area contributed by atoms with E-state index in [2.05, 4.69) is 4.98 Å². The van der Waals surface area contributed by atoms with Crippen molar-refractivity contribution in [1.29, 1.82) is 0 Å². The van der Waals surface area contributed by atoms with Crippen molar-refractivity contribution in [1.82, 2.24) is 13.9 Å². The van der Waals surface area contributed by atoms with Gasteiger partial charge >= 0.3 is 0 Å². The Labute approximate surface area is 114 Å². The molecule has 2 rings (SSSR count). The first-order chi connectivity index (χ1) is 8.07. The predicted molar refractivity (Wildman–Crippen MR) is 71.1 cm³/mol. The smallest absolute Gasteiger partial charge is 0.262 e. The molecule has 1 saturated heterocycles. The molecule has 0 spiro atoms. The second-order valence-corrected chi connectivity index (χ2v) is 6.18. The Hall–Kier alpha value is -0.630. The van der Waals surface area contributed by atoms with E-state index in [4.69, 9.17) is 5.73 Å². The molecule has 1 atom stereocenters. The molecule has 104 valence electrons. The van der Waals surface area contributed by atoms with Gasteiger partial charge in [-0.25, -0.2) is 13.4 Å². The minimum absolute atomic E-state index is 0. The number of nitrogens with two attached hydrogens (primary N) is 1. The predicted octanol–water partition coefficient (Wildman–Crippen LogP) is 0.294. The summed E-state index contributed by atoms with van der Waals surface area (Å²) in [6.07, 6.45) is 3.96. The molecular formula is C10H19ClN4O2S. The zero-order valence-electron chi connectivity index (χ0n) is 10.3. The van der Waals surface area contributed by atoms with Crippen molar-refractivity contribution >= 4 is 22.4 Å². The van der Waals surface area contributed by atoms with Crippen molar-refractivity contribution in [3.8, 4) is 0 Å². The molecule has 1 aliphatic rings. The minimum atomic E-state index is -3.43. The van der Waals surface area contributed by atoms with Crippen molar-refractivity contribution < 1.29 is 8.42 Å². The fraction of sp³-hybridized carbons (Fsp3) is 0.700. The van der Waals surface area contributed by atoms with Crippen LogP contribution in [0.5, 0.6) is 0 Å². The van der Waals surface area contributed by atoms with Crippen LogP contribution in [0.15, 0.2) is 17.6 Å². The summed E-state index contributed by atoms with van der Waals surface area (Å²) in [6.45, 7) is 4.25. The first-order valence-electron chi connectivity index (χ1n) is 5.80. The molecule has 8 heteroatoms. The van der Waals surface area contributed by atoms with Gasteiger partial charge in [0.15, 0.2) is 5.03 Å². The summed E-state index contributed by atoms with van der Waals surface area (Å²) in [5, 5.41) is 0.136. The largest absolute Gasteiger partial charge is 0.336 e. The number of nitrogens with zero attached hydrogens (tertiary/aromatic N) is 3. The van der Waals surface area contributed by atoms with E-state index in [1.54, 1.807) is 17.1 Å². The van der Waals surface area contributed by atoms with Crippen LogP contribution in [0.3, 0.4) is 0 Å². The van der Waals surface area contributed by atoms with Gasteiger partial charge in [0, 0.05) is 25.8 Å². The van der Waals surface area contributed by atoms with Gasteiger partial charge in [-0.05, 0) is 25.8 Å². The van der Waals surface area contributed by atoms with Crippen LogP contribution in [-0.2, 0) is 16.6 Å². The third-order valence-corrected chi connectivity index (χ3v) is 4.91. The summed E-state index contributed by atoms with van der Waals surface area (Å²) in [5.41, 5.74) is 5.56. The van der Waals surface area contributed by atoms with Gasteiger partial charge in [-0.2, -0.15) is 4.31 Å². The molecule has 1 aromatic rings. The number of halogens is 1. The molecule has 1 aliphatic heterocycles. The highest BCUT2D eigenvalue weighted by atomic mass is 35.5. The van der Waals surface area contributed by atoms with Gasteiger partial charge in [0.05, 0.1) is 6.33 Å². The lowest BCUT2D eigenvalue weighted by Gasteiger charge is -2.14. The molecule has 2 N–H and O–H groups in total. The van der Waals surface area contributed by atoms with E-state index in [9.17, 15) is 8.42 Å². The van der Waals surface area contributed by atoms with E-state index < -0.39 is 10.0 Å². The molecule has 0 aliphatic carbocycles. The number of rotatable bonds is 4. The summed E-state index contributed by atoms with van der Waals surface area (Å²) in [7, 11) is -3.43. The summed E-state index contributed by atoms with van der Waals surface area (Å²) in [4.78, 5) is 3.96. The number of imidazole rings is 1. The fourth-order valence-electron chi connectivity index (χ4n) is 1.99. The normalized spacial score (nSPS) is 20.9. The number of aromatic nitrogens is 2. The van der Waals surface area contributed by atoms with E-state index >= 15 is 0 Å². The van der Waals surface area contributed by atoms with Gasteiger partial charge in [-0.3, -0.25) is 0 Å². The summed E-state index contributed by atoms with van der Waals surface area (Å²) < 4.78 is 27.7. The van der Waals surface area contributed by atoms with Crippen molar-refractivity contribution in [2.75, 3.05) is 19.6 Å². The zero-order chi connectivity index (χ0) is 12.5. The van der Waals surface area contributed by atoms with Crippen LogP contribution < -0.4 is 5.73 Å². The molecule has 0 amide bonds. The molecule has 0 aromatic carbocycles. The molecule has 1 unspecified atom stereocenters. The maximum absolute atomic E-state index is 12.2. The molecule has 18 heavy (non-hydrogen) atoms. The van der Waals surface area contributed by atoms with Crippen molar-refractivity contribution in [2.45, 2.75) is 24.9 Å². The van der Waals surface area contributed by atoms with Gasteiger partial charge < -0.3 is 10.3 Å². The molecule has 1 fully saturated rings. The lowest BCUT2D eigenvalue weighted by atomic mass is 10.1. The zero-order valence-corrected chi connectivity index (χ0v) is 12.0. The van der Waals surface area contributed by atoms with Gasteiger partial charge in [0.2, 0.25) is 0 Å². The first kappa shape index (κ1) is 15.4. The third kappa shape index (κ3) is 2.85. The van der Waals surface area contributed by atoms with Crippen LogP contribution in [0.4, 0.5) is 0 Å². The van der Waals surface area contributed by atoms with Crippen LogP contribution in [0, 0.1) is 5.92 Å². The Balaban J connectivity index is 0.00000162. The first-order valence-corrected chi connectivity index (χ1v) is 7.24. The highest BCUT2D eigenvalue weighted by Crippen LogP contribution is 2.22. The average molecular weight is 295 g/mol. The van der Waals surface area contributed by atoms with Crippen molar-refractivity contribution in [2.24, 2.45) is 11.7 Å². The topological polar surface area (TPSA) is 81.2 Å². The Kier molecular flexibility index (Phi) is 5.15. The van der Waals surface area contributed by atoms with E-state index in [1.165, 1.54) is 4.31 Å². The van der Waals surface area contributed by atoms with Gasteiger partial charge in [0.25, 0.3) is 10.0 Å². The fourth-order valence-corrected chi connectivity index (χ4v) is 3.45. The minimum Gasteiger partial charge on any atom is -0.336 e. The summed E-state index contributed by atoms with van der Waals surface area (Å²) in [6, 6.07) is 0. The highest BCUT2D eigenvalue weighted by molar-refractivity contribution is 7.89. The summed E-state index contributed by atoms with van der Waals surface area (Å²) in [5.74, 6) is 0.276. The molecule has 0 bridgehead atoms. The molecule has 2 heterocycles. The van der Waals surface area contributed by atoms with Crippen LogP contribution >= 0.6 is 12.4 Å². The van der Waals surface area contributed by atoms with Crippen LogP contribution in [0.25, 0.3) is 0 Å². The SMILES string of the molecule is CCn1cnc(S(=O)(=O)N2CCC(CN)C2)c1.Cl. The lowest BCUT2D eigenvalue weighted by molar-refractivity contribution is 0.457. The lowest BCUT2D eigenvalue weighted by Crippen LogP contribution is -2.30. The molecule has 6 nitrogen and oxygen atoms in total. The molecule has 0 saturated carbocycles. The van der Waals surface area contributed by atoms with E-state index in [-0.39, 0.29) is 23.4 Å². The maximum atomic E-state index is 12.2. The third-order valence-electron chi connectivity index (χ3n) is 3.16. The van der Waals surface area contributed by atoms with Crippen molar-refractivity contribution in [3.63, 3.8) is 0 Å². The number of hydrogen-bond donors (Lipinski definition) is 1. The Bertz CT molecular complexity index is 488. The van der Waals surface area contributed by atoms with Crippen molar-refractivity contribution in [3.05, 3.63) is 12.5 Å². The van der Waals surface area contributed by atoms with E-state index in [1.807, 2.05) is 6.92 Å². The number of sulfonamides is 1. The quantitative estimate of drug-likeness (QED) is 0.866. The number of aryl methyl sites for hydroxylation is 1. The Morgan fingerprint density at radius 2 is 2.28 bits per heavy atom. The molecule has 0 radical (unpaired) electrons. The van der Waals surface area contributed by atoms with Gasteiger partial charge in [0.1, 0.15) is 0 Å². The van der Waals surface area contributed by atoms with Gasteiger partial charge in [-0.1, -0.05) is 0 Å². The standard InChI is InChI=1S/C10H18N4O2S.ClH/c1-2-13-7-10(12-8-13)17(15,16)14-4-3-9(5-11)6-14;/h7-9H,2-6,11H2,1H3;1H. The average Bonchev–Trinajstić information content (AvgIpc) is 2.98. The van der Waals surface area contributed by atoms with Crippen LogP contribution in [0.2, 0.25) is 0 Å². The molecule has 1 aromatic heterocycles. The van der Waals surface area contributed by atoms with E-state index in [0.29, 0.717) is 26.2 Å². The molecular weight excluding hydrogens is 276 g/mol. The van der Waals surface area contributed by atoms with Gasteiger partial charge in [-0.15, -0.1) is 12.4 Å². The van der Waals surface area contributed by atoms with Crippen LogP contribution in [0.1, 0.15) is 13.3 Å². The second-order valence-electron chi connectivity index (χ2n) is 4.30. The monoisotopic (exact) mass is 294 g/mol.